The van der Waals surface area contributed by atoms with Crippen LogP contribution in [0.15, 0.2) is 53.5 Å². The number of oxazole rings is 1. The molecule has 0 atom stereocenters. The second kappa shape index (κ2) is 13.5. The second-order valence-corrected chi connectivity index (χ2v) is 5.70. The minimum absolute atomic E-state index is 0.0592. The number of rotatable bonds is 7. The first-order valence-corrected chi connectivity index (χ1v) is 9.44. The molecule has 10 nitrogen and oxygen atoms in total. The SMILES string of the molecule is CC.NN.O=C(NCCCc1cncc(F)c1)c1ncoc1-c1ccc([N+](=O)[O-])cc1. The van der Waals surface area contributed by atoms with Crippen LogP contribution in [0.5, 0.6) is 0 Å². The third kappa shape index (κ3) is 7.57. The summed E-state index contributed by atoms with van der Waals surface area (Å²) in [6.07, 6.45) is 5.02. The highest BCUT2D eigenvalue weighted by Gasteiger charge is 2.18. The monoisotopic (exact) mass is 432 g/mol. The molecule has 0 aliphatic rings. The Morgan fingerprint density at radius 3 is 2.52 bits per heavy atom. The van der Waals surface area contributed by atoms with E-state index in [2.05, 4.69) is 27.0 Å². The lowest BCUT2D eigenvalue weighted by molar-refractivity contribution is -0.384. The number of nitrogens with one attached hydrogen (secondary N) is 1. The van der Waals surface area contributed by atoms with Gasteiger partial charge in [0.05, 0.1) is 11.1 Å². The molecule has 1 amide bonds. The number of nitro benzene ring substituents is 1. The number of halogens is 1. The van der Waals surface area contributed by atoms with E-state index in [4.69, 9.17) is 4.42 Å². The van der Waals surface area contributed by atoms with Crippen LogP contribution in [0.1, 0.15) is 36.3 Å². The van der Waals surface area contributed by atoms with Crippen molar-refractivity contribution in [2.75, 3.05) is 6.54 Å². The molecule has 0 fully saturated rings. The summed E-state index contributed by atoms with van der Waals surface area (Å²) in [6, 6.07) is 7.04. The van der Waals surface area contributed by atoms with Gasteiger partial charge in [0.2, 0.25) is 0 Å². The van der Waals surface area contributed by atoms with Crippen molar-refractivity contribution >= 4 is 11.6 Å². The summed E-state index contributed by atoms with van der Waals surface area (Å²) in [5, 5.41) is 13.4. The van der Waals surface area contributed by atoms with Gasteiger partial charge in [-0.3, -0.25) is 31.6 Å². The zero-order chi connectivity index (χ0) is 23.2. The highest BCUT2D eigenvalue weighted by Crippen LogP contribution is 2.25. The Balaban J connectivity index is 0.00000113. The number of hydrogen-bond acceptors (Lipinski definition) is 8. The molecule has 1 aromatic carbocycles. The molecule has 0 bridgehead atoms. The van der Waals surface area contributed by atoms with Crippen LogP contribution in [0.2, 0.25) is 0 Å². The standard InChI is InChI=1S/C18H15FN4O4.C2H6.H4N2/c19-14-8-12(9-20-10-14)2-1-7-21-18(24)16-17(27-11-22-16)13-3-5-15(6-4-13)23(25)26;2*1-2/h3-6,8-11H,1-2,7H2,(H,21,24);1-2H3;1-2H2. The summed E-state index contributed by atoms with van der Waals surface area (Å²) in [7, 11) is 0. The van der Waals surface area contributed by atoms with E-state index in [1.807, 2.05) is 13.8 Å². The van der Waals surface area contributed by atoms with E-state index in [0.29, 0.717) is 24.9 Å². The first-order valence-electron chi connectivity index (χ1n) is 9.44. The van der Waals surface area contributed by atoms with Crippen LogP contribution in [-0.2, 0) is 6.42 Å². The van der Waals surface area contributed by atoms with Gasteiger partial charge < -0.3 is 9.73 Å². The van der Waals surface area contributed by atoms with E-state index in [0.717, 1.165) is 18.2 Å². The van der Waals surface area contributed by atoms with E-state index < -0.39 is 16.6 Å². The second-order valence-electron chi connectivity index (χ2n) is 5.70. The summed E-state index contributed by atoms with van der Waals surface area (Å²) >= 11 is 0. The largest absolute Gasteiger partial charge is 0.443 e. The van der Waals surface area contributed by atoms with Gasteiger partial charge >= 0.3 is 0 Å². The zero-order valence-electron chi connectivity index (χ0n) is 17.2. The lowest BCUT2D eigenvalue weighted by atomic mass is 10.1. The van der Waals surface area contributed by atoms with Gasteiger partial charge in [-0.15, -0.1) is 0 Å². The maximum atomic E-state index is 13.1. The van der Waals surface area contributed by atoms with Crippen LogP contribution in [0.3, 0.4) is 0 Å². The number of nitrogens with zero attached hydrogens (tertiary/aromatic N) is 3. The molecule has 0 saturated carbocycles. The summed E-state index contributed by atoms with van der Waals surface area (Å²) < 4.78 is 18.3. The van der Waals surface area contributed by atoms with Gasteiger partial charge in [-0.2, -0.15) is 0 Å². The maximum Gasteiger partial charge on any atom is 0.273 e. The van der Waals surface area contributed by atoms with Gasteiger partial charge in [-0.1, -0.05) is 13.8 Å². The molecule has 5 N–H and O–H groups in total. The smallest absolute Gasteiger partial charge is 0.273 e. The van der Waals surface area contributed by atoms with Crippen molar-refractivity contribution in [3.8, 4) is 11.3 Å². The van der Waals surface area contributed by atoms with Gasteiger partial charge in [-0.25, -0.2) is 9.37 Å². The molecule has 2 heterocycles. The number of nitrogens with two attached hydrogens (primary N) is 2. The number of carbonyl (C=O) groups is 1. The average molecular weight is 432 g/mol. The Labute approximate surface area is 178 Å². The molecule has 11 heteroatoms. The van der Waals surface area contributed by atoms with E-state index in [1.54, 1.807) is 6.20 Å². The van der Waals surface area contributed by atoms with Crippen LogP contribution in [0.4, 0.5) is 10.1 Å². The number of amides is 1. The summed E-state index contributed by atoms with van der Waals surface area (Å²) in [5.74, 6) is 7.41. The first-order chi connectivity index (χ1) is 15.0. The summed E-state index contributed by atoms with van der Waals surface area (Å²) in [4.78, 5) is 30.2. The average Bonchev–Trinajstić information content (AvgIpc) is 3.29. The molecule has 0 saturated heterocycles. The maximum absolute atomic E-state index is 13.1. The molecule has 0 spiro atoms. The molecule has 2 aromatic heterocycles. The van der Waals surface area contributed by atoms with Crippen molar-refractivity contribution < 1.29 is 18.5 Å². The predicted octanol–water partition coefficient (Wildman–Crippen LogP) is 2.99. The summed E-state index contributed by atoms with van der Waals surface area (Å²) in [5.41, 5.74) is 1.29. The molecule has 31 heavy (non-hydrogen) atoms. The number of hydrazine groups is 1. The Bertz CT molecular complexity index is 962. The van der Waals surface area contributed by atoms with Gasteiger partial charge in [-0.05, 0) is 36.6 Å². The number of aromatic nitrogens is 2. The number of non-ortho nitro benzene ring substituents is 1. The lowest BCUT2D eigenvalue weighted by Crippen LogP contribution is -2.25. The van der Waals surface area contributed by atoms with Crippen molar-refractivity contribution in [1.82, 2.24) is 15.3 Å². The van der Waals surface area contributed by atoms with E-state index in [1.165, 1.54) is 30.3 Å². The molecule has 3 aromatic rings. The molecule has 166 valence electrons. The van der Waals surface area contributed by atoms with Crippen molar-refractivity contribution in [2.45, 2.75) is 26.7 Å². The van der Waals surface area contributed by atoms with Crippen molar-refractivity contribution in [3.63, 3.8) is 0 Å². The number of pyridine rings is 1. The van der Waals surface area contributed by atoms with Crippen LogP contribution < -0.4 is 17.0 Å². The highest BCUT2D eigenvalue weighted by molar-refractivity contribution is 5.97. The Morgan fingerprint density at radius 2 is 1.90 bits per heavy atom. The minimum atomic E-state index is -0.508. The van der Waals surface area contributed by atoms with Gasteiger partial charge in [0.1, 0.15) is 5.82 Å². The van der Waals surface area contributed by atoms with Gasteiger partial charge in [0, 0.05) is 30.4 Å². The van der Waals surface area contributed by atoms with Crippen LogP contribution >= 0.6 is 0 Å². The van der Waals surface area contributed by atoms with Gasteiger partial charge in [0.15, 0.2) is 17.8 Å². The van der Waals surface area contributed by atoms with Crippen LogP contribution in [-0.4, -0.2) is 27.3 Å². The first kappa shape index (κ1) is 25.3. The third-order valence-corrected chi connectivity index (χ3v) is 3.81. The van der Waals surface area contributed by atoms with Crippen molar-refractivity contribution in [2.24, 2.45) is 11.7 Å². The topological polar surface area (TPSA) is 163 Å². The normalized spacial score (nSPS) is 9.58. The third-order valence-electron chi connectivity index (χ3n) is 3.81. The Hall–Kier alpha value is -3.70. The number of benzene rings is 1. The molecule has 0 aliphatic heterocycles. The van der Waals surface area contributed by atoms with Crippen LogP contribution in [0.25, 0.3) is 11.3 Å². The Kier molecular flexibility index (Phi) is 11.0. The molecular weight excluding hydrogens is 407 g/mol. The number of carbonyl (C=O) groups excluding carboxylic acids is 1. The van der Waals surface area contributed by atoms with Crippen molar-refractivity contribution in [3.05, 3.63) is 76.3 Å². The number of nitro groups is 1. The van der Waals surface area contributed by atoms with E-state index >= 15 is 0 Å². The zero-order valence-corrected chi connectivity index (χ0v) is 17.2. The molecular formula is C20H25FN6O4. The lowest BCUT2D eigenvalue weighted by Gasteiger charge is -2.05. The fourth-order valence-corrected chi connectivity index (χ4v) is 2.52. The van der Waals surface area contributed by atoms with Gasteiger partial charge in [0.25, 0.3) is 11.6 Å². The molecule has 0 unspecified atom stereocenters. The van der Waals surface area contributed by atoms with E-state index in [-0.39, 0.29) is 17.1 Å². The molecule has 3 rings (SSSR count). The molecule has 0 aliphatic carbocycles. The molecule has 0 radical (unpaired) electrons. The van der Waals surface area contributed by atoms with E-state index in [9.17, 15) is 19.3 Å². The fraction of sp³-hybridized carbons (Fsp3) is 0.250. The number of aryl methyl sites for hydroxylation is 1. The fourth-order valence-electron chi connectivity index (χ4n) is 2.52. The number of hydrogen-bond donors (Lipinski definition) is 3. The van der Waals surface area contributed by atoms with Crippen molar-refractivity contribution in [1.29, 1.82) is 0 Å². The Morgan fingerprint density at radius 1 is 1.23 bits per heavy atom. The quantitative estimate of drug-likeness (QED) is 0.222. The highest BCUT2D eigenvalue weighted by atomic mass is 19.1. The minimum Gasteiger partial charge on any atom is -0.443 e. The predicted molar refractivity (Wildman–Crippen MR) is 113 cm³/mol. The van der Waals surface area contributed by atoms with Crippen LogP contribution in [0, 0.1) is 15.9 Å². The summed E-state index contributed by atoms with van der Waals surface area (Å²) in [6.45, 7) is 4.36.